The number of rotatable bonds is 2. The number of hydrogen-bond acceptors (Lipinski definition) is 2. The van der Waals surface area contributed by atoms with Gasteiger partial charge in [-0.05, 0) is 63.9 Å². The fourth-order valence-corrected chi connectivity index (χ4v) is 3.98. The molecule has 0 atom stereocenters. The van der Waals surface area contributed by atoms with E-state index in [0.717, 1.165) is 22.4 Å². The fourth-order valence-electron chi connectivity index (χ4n) is 3.98. The maximum Gasteiger partial charge on any atom is 0.119 e. The first-order valence-electron chi connectivity index (χ1n) is 9.10. The van der Waals surface area contributed by atoms with Gasteiger partial charge in [0, 0.05) is 17.1 Å². The largest absolute Gasteiger partial charge is 0.497 e. The van der Waals surface area contributed by atoms with Gasteiger partial charge in [-0.2, -0.15) is 0 Å². The molecule has 4 aromatic carbocycles. The van der Waals surface area contributed by atoms with Gasteiger partial charge in [0.15, 0.2) is 0 Å². The van der Waals surface area contributed by atoms with Crippen molar-refractivity contribution in [3.05, 3.63) is 84.6 Å². The number of methoxy groups -OCH3 is 1. The monoisotopic (exact) mass is 349 g/mol. The summed E-state index contributed by atoms with van der Waals surface area (Å²) in [5, 5.41) is 6.18. The molecule has 0 aliphatic heterocycles. The summed E-state index contributed by atoms with van der Waals surface area (Å²) in [5.41, 5.74) is 4.46. The Morgan fingerprint density at radius 1 is 0.741 bits per heavy atom. The van der Waals surface area contributed by atoms with Gasteiger partial charge in [0.25, 0.3) is 0 Å². The summed E-state index contributed by atoms with van der Waals surface area (Å²) in [7, 11) is 1.71. The van der Waals surface area contributed by atoms with E-state index in [4.69, 9.17) is 9.72 Å². The molecule has 0 unspecified atom stereocenters. The van der Waals surface area contributed by atoms with Crippen molar-refractivity contribution in [3.63, 3.8) is 0 Å². The Kier molecular flexibility index (Phi) is 3.58. The van der Waals surface area contributed by atoms with Crippen LogP contribution >= 0.6 is 0 Å². The van der Waals surface area contributed by atoms with E-state index >= 15 is 0 Å². The first-order valence-corrected chi connectivity index (χ1v) is 9.10. The lowest BCUT2D eigenvalue weighted by Gasteiger charge is -2.13. The van der Waals surface area contributed by atoms with Gasteiger partial charge >= 0.3 is 0 Å². The summed E-state index contributed by atoms with van der Waals surface area (Å²) >= 11 is 0. The third-order valence-electron chi connectivity index (χ3n) is 5.21. The molecule has 0 bridgehead atoms. The van der Waals surface area contributed by atoms with Crippen LogP contribution in [-0.2, 0) is 0 Å². The highest BCUT2D eigenvalue weighted by Gasteiger charge is 2.12. The van der Waals surface area contributed by atoms with Crippen LogP contribution in [0.25, 0.3) is 43.6 Å². The third kappa shape index (κ3) is 2.53. The van der Waals surface area contributed by atoms with Crippen LogP contribution in [-0.4, -0.2) is 12.1 Å². The second-order valence-corrected chi connectivity index (χ2v) is 6.94. The summed E-state index contributed by atoms with van der Waals surface area (Å²) < 4.78 is 5.51. The SMILES string of the molecule is COc1cc(C)cc(-c2cc3c4ccccc4ccc3c3cccnc23)c1. The van der Waals surface area contributed by atoms with Gasteiger partial charge < -0.3 is 4.74 Å². The topological polar surface area (TPSA) is 22.1 Å². The lowest BCUT2D eigenvalue weighted by atomic mass is 9.93. The molecule has 0 amide bonds. The average Bonchev–Trinajstić information content (AvgIpc) is 2.72. The smallest absolute Gasteiger partial charge is 0.119 e. The number of aryl methyl sites for hydroxylation is 1. The molecule has 130 valence electrons. The fraction of sp³-hybridized carbons (Fsp3) is 0.0800. The molecule has 0 saturated heterocycles. The Hall–Kier alpha value is -3.39. The number of ether oxygens (including phenoxy) is 1. The molecule has 27 heavy (non-hydrogen) atoms. The molecule has 5 rings (SSSR count). The average molecular weight is 349 g/mol. The first-order chi connectivity index (χ1) is 13.2. The minimum absolute atomic E-state index is 0.868. The van der Waals surface area contributed by atoms with E-state index in [1.807, 2.05) is 12.3 Å². The van der Waals surface area contributed by atoms with Crippen molar-refractivity contribution in [2.24, 2.45) is 0 Å². The van der Waals surface area contributed by atoms with Gasteiger partial charge in [-0.15, -0.1) is 0 Å². The van der Waals surface area contributed by atoms with Crippen LogP contribution in [0.15, 0.2) is 79.0 Å². The normalized spacial score (nSPS) is 11.3. The first kappa shape index (κ1) is 15.8. The van der Waals surface area contributed by atoms with E-state index in [0.29, 0.717) is 0 Å². The molecule has 0 spiro atoms. The number of nitrogens with zero attached hydrogens (tertiary/aromatic N) is 1. The van der Waals surface area contributed by atoms with E-state index in [-0.39, 0.29) is 0 Å². The van der Waals surface area contributed by atoms with E-state index in [1.54, 1.807) is 7.11 Å². The molecular formula is C25H19NO. The minimum Gasteiger partial charge on any atom is -0.497 e. The van der Waals surface area contributed by atoms with Gasteiger partial charge in [0.2, 0.25) is 0 Å². The molecule has 0 N–H and O–H groups in total. The van der Waals surface area contributed by atoms with Crippen molar-refractivity contribution >= 4 is 32.4 Å². The number of benzene rings is 4. The van der Waals surface area contributed by atoms with Crippen LogP contribution in [0.5, 0.6) is 5.75 Å². The molecule has 1 heterocycles. The van der Waals surface area contributed by atoms with Crippen molar-refractivity contribution < 1.29 is 4.74 Å². The lowest BCUT2D eigenvalue weighted by molar-refractivity contribution is 0.414. The molecule has 0 saturated carbocycles. The van der Waals surface area contributed by atoms with Crippen LogP contribution in [0.2, 0.25) is 0 Å². The predicted octanol–water partition coefficient (Wildman–Crippen LogP) is 6.53. The number of fused-ring (bicyclic) bond motifs is 5. The van der Waals surface area contributed by atoms with E-state index in [1.165, 1.54) is 32.5 Å². The molecule has 1 aromatic heterocycles. The third-order valence-corrected chi connectivity index (χ3v) is 5.21. The predicted molar refractivity (Wildman–Crippen MR) is 113 cm³/mol. The van der Waals surface area contributed by atoms with Crippen LogP contribution < -0.4 is 4.74 Å². The molecule has 0 aliphatic carbocycles. The maximum atomic E-state index is 5.51. The Bertz CT molecular complexity index is 1320. The van der Waals surface area contributed by atoms with E-state index in [9.17, 15) is 0 Å². The Labute approximate surface area is 158 Å². The van der Waals surface area contributed by atoms with Gasteiger partial charge in [-0.3, -0.25) is 4.98 Å². The van der Waals surface area contributed by atoms with E-state index in [2.05, 4.69) is 73.7 Å². The molecule has 0 radical (unpaired) electrons. The maximum absolute atomic E-state index is 5.51. The number of pyridine rings is 1. The second kappa shape index (κ2) is 6.10. The van der Waals surface area contributed by atoms with Crippen molar-refractivity contribution in [2.45, 2.75) is 6.92 Å². The quantitative estimate of drug-likeness (QED) is 0.338. The standard InChI is InChI=1S/C25H19NO/c1-16-12-18(14-19(13-16)27-2)23-15-24-20-7-4-3-6-17(20)9-10-21(24)22-8-5-11-26-25(22)23/h3-15H,1-2H3. The zero-order valence-corrected chi connectivity index (χ0v) is 15.4. The Morgan fingerprint density at radius 2 is 1.59 bits per heavy atom. The van der Waals surface area contributed by atoms with E-state index < -0.39 is 0 Å². The molecule has 2 heteroatoms. The zero-order valence-electron chi connectivity index (χ0n) is 15.4. The summed E-state index contributed by atoms with van der Waals surface area (Å²) in [5.74, 6) is 0.868. The zero-order chi connectivity index (χ0) is 18.4. The molecule has 0 fully saturated rings. The van der Waals surface area contributed by atoms with Crippen molar-refractivity contribution in [1.82, 2.24) is 4.98 Å². The summed E-state index contributed by atoms with van der Waals surface area (Å²) in [6, 6.07) is 25.7. The van der Waals surface area contributed by atoms with Crippen molar-refractivity contribution in [2.75, 3.05) is 7.11 Å². The van der Waals surface area contributed by atoms with Crippen LogP contribution in [0, 0.1) is 6.92 Å². The van der Waals surface area contributed by atoms with Gasteiger partial charge in [-0.25, -0.2) is 0 Å². The Balaban J connectivity index is 1.96. The highest BCUT2D eigenvalue weighted by Crippen LogP contribution is 2.38. The van der Waals surface area contributed by atoms with Gasteiger partial charge in [0.1, 0.15) is 5.75 Å². The van der Waals surface area contributed by atoms with Crippen LogP contribution in [0.4, 0.5) is 0 Å². The molecule has 5 aromatic rings. The van der Waals surface area contributed by atoms with Gasteiger partial charge in [0.05, 0.1) is 12.6 Å². The summed E-state index contributed by atoms with van der Waals surface area (Å²) in [4.78, 5) is 4.73. The molecule has 2 nitrogen and oxygen atoms in total. The highest BCUT2D eigenvalue weighted by molar-refractivity contribution is 6.20. The van der Waals surface area contributed by atoms with Crippen molar-refractivity contribution in [1.29, 1.82) is 0 Å². The lowest BCUT2D eigenvalue weighted by Crippen LogP contribution is -1.90. The number of aromatic nitrogens is 1. The number of hydrogen-bond donors (Lipinski definition) is 0. The van der Waals surface area contributed by atoms with Gasteiger partial charge in [-0.1, -0.05) is 48.5 Å². The molecule has 0 aliphatic rings. The second-order valence-electron chi connectivity index (χ2n) is 6.94. The molecular weight excluding hydrogens is 330 g/mol. The highest BCUT2D eigenvalue weighted by atomic mass is 16.5. The van der Waals surface area contributed by atoms with Crippen molar-refractivity contribution in [3.8, 4) is 16.9 Å². The van der Waals surface area contributed by atoms with Crippen LogP contribution in [0.1, 0.15) is 5.56 Å². The Morgan fingerprint density at radius 3 is 2.48 bits per heavy atom. The minimum atomic E-state index is 0.868. The summed E-state index contributed by atoms with van der Waals surface area (Å²) in [6.07, 6.45) is 1.87. The summed E-state index contributed by atoms with van der Waals surface area (Å²) in [6.45, 7) is 2.10. The van der Waals surface area contributed by atoms with Crippen LogP contribution in [0.3, 0.4) is 0 Å².